The zero-order valence-electron chi connectivity index (χ0n) is 12.8. The van der Waals surface area contributed by atoms with Crippen LogP contribution in [-0.4, -0.2) is 39.3 Å². The van der Waals surface area contributed by atoms with E-state index in [4.69, 9.17) is 11.6 Å². The van der Waals surface area contributed by atoms with Gasteiger partial charge in [-0.3, -0.25) is 4.98 Å². The second kappa shape index (κ2) is 6.19. The van der Waals surface area contributed by atoms with Crippen molar-refractivity contribution in [2.75, 3.05) is 18.0 Å². The van der Waals surface area contributed by atoms with Crippen molar-refractivity contribution in [2.45, 2.75) is 6.10 Å². The monoisotopic (exact) mass is 338 g/mol. The summed E-state index contributed by atoms with van der Waals surface area (Å²) in [5.74, 6) is 1.42. The molecule has 0 radical (unpaired) electrons. The first kappa shape index (κ1) is 15.1. The second-order valence-corrected chi connectivity index (χ2v) is 6.18. The molecular formula is C18H15ClN4O. The summed E-state index contributed by atoms with van der Waals surface area (Å²) in [4.78, 5) is 15.5. The topological polar surface area (TPSA) is 62.1 Å². The Kier molecular flexibility index (Phi) is 3.88. The van der Waals surface area contributed by atoms with Crippen LogP contribution in [-0.2, 0) is 0 Å². The van der Waals surface area contributed by atoms with Crippen molar-refractivity contribution in [3.63, 3.8) is 0 Å². The Hall–Kier alpha value is -2.50. The van der Waals surface area contributed by atoms with Crippen molar-refractivity contribution in [1.82, 2.24) is 15.0 Å². The number of rotatable bonds is 3. The molecule has 120 valence electrons. The van der Waals surface area contributed by atoms with Crippen molar-refractivity contribution in [3.05, 3.63) is 59.9 Å². The van der Waals surface area contributed by atoms with Crippen molar-refractivity contribution in [2.24, 2.45) is 0 Å². The average molecular weight is 339 g/mol. The highest BCUT2D eigenvalue weighted by atomic mass is 35.5. The van der Waals surface area contributed by atoms with E-state index in [-0.39, 0.29) is 6.10 Å². The summed E-state index contributed by atoms with van der Waals surface area (Å²) >= 11 is 5.98. The van der Waals surface area contributed by atoms with Gasteiger partial charge in [-0.05, 0) is 24.3 Å². The van der Waals surface area contributed by atoms with Crippen LogP contribution >= 0.6 is 11.6 Å². The summed E-state index contributed by atoms with van der Waals surface area (Å²) in [6.45, 7) is 1.17. The zero-order chi connectivity index (χ0) is 16.5. The molecule has 3 aromatic rings. The molecule has 1 aliphatic heterocycles. The summed E-state index contributed by atoms with van der Waals surface area (Å²) in [7, 11) is 0. The van der Waals surface area contributed by atoms with Gasteiger partial charge in [0.15, 0.2) is 5.82 Å². The van der Waals surface area contributed by atoms with Gasteiger partial charge in [-0.1, -0.05) is 23.7 Å². The Bertz CT molecular complexity index is 849. The van der Waals surface area contributed by atoms with E-state index < -0.39 is 0 Å². The Labute approximate surface area is 144 Å². The molecule has 2 aromatic heterocycles. The minimum absolute atomic E-state index is 0.291. The molecule has 0 unspecified atom stereocenters. The molecule has 0 bridgehead atoms. The number of pyridine rings is 1. The van der Waals surface area contributed by atoms with Crippen LogP contribution in [0.1, 0.15) is 0 Å². The van der Waals surface area contributed by atoms with Gasteiger partial charge in [0.2, 0.25) is 0 Å². The van der Waals surface area contributed by atoms with E-state index in [2.05, 4.69) is 15.0 Å². The van der Waals surface area contributed by atoms with Gasteiger partial charge in [0, 0.05) is 47.7 Å². The lowest BCUT2D eigenvalue weighted by Gasteiger charge is -2.37. The van der Waals surface area contributed by atoms with E-state index in [0.29, 0.717) is 23.9 Å². The Morgan fingerprint density at radius 2 is 1.83 bits per heavy atom. The molecule has 1 fully saturated rings. The molecule has 0 atom stereocenters. The first-order chi connectivity index (χ1) is 11.7. The first-order valence-electron chi connectivity index (χ1n) is 7.67. The second-order valence-electron chi connectivity index (χ2n) is 5.74. The number of hydrogen-bond acceptors (Lipinski definition) is 5. The van der Waals surface area contributed by atoms with Gasteiger partial charge in [-0.25, -0.2) is 9.97 Å². The highest BCUT2D eigenvalue weighted by molar-refractivity contribution is 6.30. The van der Waals surface area contributed by atoms with E-state index >= 15 is 0 Å². The number of halogens is 1. The van der Waals surface area contributed by atoms with Crippen LogP contribution in [0.3, 0.4) is 0 Å². The molecule has 3 heterocycles. The van der Waals surface area contributed by atoms with E-state index in [9.17, 15) is 5.11 Å². The van der Waals surface area contributed by atoms with Gasteiger partial charge in [0.25, 0.3) is 0 Å². The van der Waals surface area contributed by atoms with Gasteiger partial charge in [-0.2, -0.15) is 0 Å². The molecule has 1 aromatic carbocycles. The Balaban J connectivity index is 1.80. The predicted octanol–water partition coefficient (Wildman–Crippen LogP) is 3.04. The van der Waals surface area contributed by atoms with E-state index in [0.717, 1.165) is 22.6 Å². The summed E-state index contributed by atoms with van der Waals surface area (Å²) in [5, 5.41) is 10.3. The maximum absolute atomic E-state index is 9.57. The molecule has 24 heavy (non-hydrogen) atoms. The van der Waals surface area contributed by atoms with Crippen LogP contribution in [0, 0.1) is 0 Å². The van der Waals surface area contributed by atoms with Crippen LogP contribution in [0.4, 0.5) is 5.82 Å². The minimum Gasteiger partial charge on any atom is -0.389 e. The van der Waals surface area contributed by atoms with Crippen LogP contribution < -0.4 is 4.90 Å². The summed E-state index contributed by atoms with van der Waals surface area (Å²) in [6, 6.07) is 13.3. The third kappa shape index (κ3) is 2.96. The van der Waals surface area contributed by atoms with Gasteiger partial charge in [-0.15, -0.1) is 0 Å². The number of aliphatic hydroxyl groups excluding tert-OH is 1. The SMILES string of the molecule is OC1CN(c2cc(-c3ccc(Cl)cc3)nc(-c3cccnc3)n2)C1. The summed E-state index contributed by atoms with van der Waals surface area (Å²) in [5.41, 5.74) is 2.64. The first-order valence-corrected chi connectivity index (χ1v) is 8.05. The van der Waals surface area contributed by atoms with Crippen LogP contribution in [0.15, 0.2) is 54.9 Å². The molecule has 4 rings (SSSR count). The number of hydrogen-bond donors (Lipinski definition) is 1. The van der Waals surface area contributed by atoms with E-state index in [1.54, 1.807) is 12.4 Å². The fraction of sp³-hybridized carbons (Fsp3) is 0.167. The standard InChI is InChI=1S/C18H15ClN4O/c19-14-5-3-12(4-6-14)16-8-17(23-10-15(24)11-23)22-18(21-16)13-2-1-7-20-9-13/h1-9,15,24H,10-11H2. The summed E-state index contributed by atoms with van der Waals surface area (Å²) in [6.07, 6.45) is 3.18. The molecule has 0 aliphatic carbocycles. The van der Waals surface area contributed by atoms with Crippen LogP contribution in [0.25, 0.3) is 22.6 Å². The molecule has 0 spiro atoms. The Morgan fingerprint density at radius 1 is 1.04 bits per heavy atom. The highest BCUT2D eigenvalue weighted by Crippen LogP contribution is 2.28. The van der Waals surface area contributed by atoms with Gasteiger partial charge >= 0.3 is 0 Å². The largest absolute Gasteiger partial charge is 0.389 e. The maximum Gasteiger partial charge on any atom is 0.163 e. The lowest BCUT2D eigenvalue weighted by molar-refractivity contribution is 0.141. The molecule has 5 nitrogen and oxygen atoms in total. The smallest absolute Gasteiger partial charge is 0.163 e. The van der Waals surface area contributed by atoms with Gasteiger partial charge < -0.3 is 10.0 Å². The molecule has 1 aliphatic rings. The molecule has 0 amide bonds. The zero-order valence-corrected chi connectivity index (χ0v) is 13.6. The van der Waals surface area contributed by atoms with Crippen molar-refractivity contribution in [3.8, 4) is 22.6 Å². The highest BCUT2D eigenvalue weighted by Gasteiger charge is 2.26. The number of aliphatic hydroxyl groups is 1. The lowest BCUT2D eigenvalue weighted by atomic mass is 10.1. The Morgan fingerprint density at radius 3 is 2.50 bits per heavy atom. The number of β-amino-alcohol motifs (C(OH)–C–C–N with tert-alkyl or cyclic N) is 1. The predicted molar refractivity (Wildman–Crippen MR) is 93.9 cm³/mol. The van der Waals surface area contributed by atoms with Gasteiger partial charge in [0.05, 0.1) is 11.8 Å². The molecular weight excluding hydrogens is 324 g/mol. The quantitative estimate of drug-likeness (QED) is 0.795. The molecule has 0 saturated carbocycles. The third-order valence-electron chi connectivity index (χ3n) is 3.96. The molecule has 1 saturated heterocycles. The lowest BCUT2D eigenvalue weighted by Crippen LogP contribution is -2.51. The van der Waals surface area contributed by atoms with E-state index in [1.807, 2.05) is 47.4 Å². The fourth-order valence-corrected chi connectivity index (χ4v) is 2.76. The number of benzene rings is 1. The van der Waals surface area contributed by atoms with Gasteiger partial charge in [0.1, 0.15) is 5.82 Å². The number of nitrogens with zero attached hydrogens (tertiary/aromatic N) is 4. The van der Waals surface area contributed by atoms with Crippen molar-refractivity contribution < 1.29 is 5.11 Å². The van der Waals surface area contributed by atoms with Crippen molar-refractivity contribution in [1.29, 1.82) is 0 Å². The average Bonchev–Trinajstić information content (AvgIpc) is 2.60. The van der Waals surface area contributed by atoms with Crippen LogP contribution in [0.5, 0.6) is 0 Å². The van der Waals surface area contributed by atoms with Crippen LogP contribution in [0.2, 0.25) is 5.02 Å². The third-order valence-corrected chi connectivity index (χ3v) is 4.21. The summed E-state index contributed by atoms with van der Waals surface area (Å²) < 4.78 is 0. The molecule has 6 heteroatoms. The fourth-order valence-electron chi connectivity index (χ4n) is 2.63. The maximum atomic E-state index is 9.57. The number of aromatic nitrogens is 3. The minimum atomic E-state index is -0.291. The van der Waals surface area contributed by atoms with Crippen molar-refractivity contribution >= 4 is 17.4 Å². The number of anilines is 1. The molecule has 1 N–H and O–H groups in total. The normalized spacial score (nSPS) is 14.5. The van der Waals surface area contributed by atoms with E-state index in [1.165, 1.54) is 0 Å².